The van der Waals surface area contributed by atoms with Gasteiger partial charge in [0.2, 0.25) is 0 Å². The Balaban J connectivity index is 1.69. The maximum atomic E-state index is 11.6. The van der Waals surface area contributed by atoms with Crippen LogP contribution in [0.2, 0.25) is 0 Å². The molecule has 1 aliphatic heterocycles. The van der Waals surface area contributed by atoms with Crippen LogP contribution in [0, 0.1) is 5.92 Å². The van der Waals surface area contributed by atoms with Crippen LogP contribution in [0.15, 0.2) is 24.5 Å². The minimum atomic E-state index is -0.210. The maximum absolute atomic E-state index is 11.6. The third-order valence-corrected chi connectivity index (χ3v) is 3.85. The first-order valence-corrected chi connectivity index (χ1v) is 7.49. The summed E-state index contributed by atoms with van der Waals surface area (Å²) >= 11 is 0. The van der Waals surface area contributed by atoms with E-state index in [0.717, 1.165) is 25.9 Å². The summed E-state index contributed by atoms with van der Waals surface area (Å²) in [6, 6.07) is 3.65. The second kappa shape index (κ2) is 7.83. The number of carbonyl (C=O) groups excluding carboxylic acids is 1. The normalized spacial score (nSPS) is 17.3. The van der Waals surface area contributed by atoms with Crippen LogP contribution >= 0.6 is 0 Å². The number of rotatable bonds is 5. The van der Waals surface area contributed by atoms with E-state index in [-0.39, 0.29) is 18.7 Å². The van der Waals surface area contributed by atoms with Crippen LogP contribution in [0.25, 0.3) is 0 Å². The molecule has 1 atom stereocenters. The molecule has 1 aromatic heterocycles. The summed E-state index contributed by atoms with van der Waals surface area (Å²) in [4.78, 5) is 18.0. The number of aromatic nitrogens is 1. The minimum absolute atomic E-state index is 0.0439. The lowest BCUT2D eigenvalue weighted by Crippen LogP contribution is -2.45. The van der Waals surface area contributed by atoms with E-state index in [1.54, 1.807) is 6.92 Å². The molecule has 0 aliphatic carbocycles. The number of hydrogen-bond donors (Lipinski definition) is 3. The highest BCUT2D eigenvalue weighted by Crippen LogP contribution is 2.22. The summed E-state index contributed by atoms with van der Waals surface area (Å²) in [5.74, 6) is 0.512. The SMILES string of the molecule is CC(CO)NC(=O)NCC1CCN(c2ccncc2)CC1. The molecule has 6 nitrogen and oxygen atoms in total. The van der Waals surface area contributed by atoms with Gasteiger partial charge in [-0.05, 0) is 37.8 Å². The van der Waals surface area contributed by atoms with Crippen molar-refractivity contribution in [2.45, 2.75) is 25.8 Å². The van der Waals surface area contributed by atoms with E-state index in [1.807, 2.05) is 24.5 Å². The van der Waals surface area contributed by atoms with E-state index < -0.39 is 0 Å². The van der Waals surface area contributed by atoms with Crippen molar-refractivity contribution in [1.82, 2.24) is 15.6 Å². The molecule has 0 aromatic carbocycles. The smallest absolute Gasteiger partial charge is 0.315 e. The summed E-state index contributed by atoms with van der Waals surface area (Å²) in [5.41, 5.74) is 1.21. The molecule has 2 rings (SSSR count). The molecule has 1 aliphatic rings. The van der Waals surface area contributed by atoms with E-state index in [4.69, 9.17) is 5.11 Å². The van der Waals surface area contributed by atoms with Gasteiger partial charge in [-0.15, -0.1) is 0 Å². The van der Waals surface area contributed by atoms with Crippen LogP contribution in [-0.4, -0.2) is 48.4 Å². The van der Waals surface area contributed by atoms with E-state index >= 15 is 0 Å². The van der Waals surface area contributed by atoms with Gasteiger partial charge in [-0.25, -0.2) is 4.79 Å². The molecule has 2 heterocycles. The number of aliphatic hydroxyl groups is 1. The number of nitrogens with one attached hydrogen (secondary N) is 2. The first kappa shape index (κ1) is 15.6. The molecule has 1 aromatic rings. The summed E-state index contributed by atoms with van der Waals surface area (Å²) in [5, 5.41) is 14.5. The summed E-state index contributed by atoms with van der Waals surface area (Å²) in [7, 11) is 0. The summed E-state index contributed by atoms with van der Waals surface area (Å²) in [6.45, 7) is 4.43. The lowest BCUT2D eigenvalue weighted by Gasteiger charge is -2.33. The molecule has 116 valence electrons. The van der Waals surface area contributed by atoms with Gasteiger partial charge in [-0.1, -0.05) is 0 Å². The van der Waals surface area contributed by atoms with Crippen LogP contribution in [0.5, 0.6) is 0 Å². The second-order valence-corrected chi connectivity index (χ2v) is 5.57. The Hall–Kier alpha value is -1.82. The zero-order chi connectivity index (χ0) is 15.1. The Bertz CT molecular complexity index is 433. The molecule has 1 fully saturated rings. The number of pyridine rings is 1. The van der Waals surface area contributed by atoms with Gasteiger partial charge in [0, 0.05) is 37.7 Å². The fourth-order valence-electron chi connectivity index (χ4n) is 2.51. The van der Waals surface area contributed by atoms with E-state index in [1.165, 1.54) is 5.69 Å². The summed E-state index contributed by atoms with van der Waals surface area (Å²) in [6.07, 6.45) is 5.77. The molecule has 1 saturated heterocycles. The topological polar surface area (TPSA) is 77.5 Å². The standard InChI is InChI=1S/C15H24N4O2/c1-12(11-20)18-15(21)17-10-13-4-8-19(9-5-13)14-2-6-16-7-3-14/h2-3,6-7,12-13,20H,4-5,8-11H2,1H3,(H2,17,18,21). The fraction of sp³-hybridized carbons (Fsp3) is 0.600. The monoisotopic (exact) mass is 292 g/mol. The van der Waals surface area contributed by atoms with Gasteiger partial charge in [0.1, 0.15) is 0 Å². The number of piperidine rings is 1. The average Bonchev–Trinajstić information content (AvgIpc) is 2.54. The zero-order valence-electron chi connectivity index (χ0n) is 12.5. The minimum Gasteiger partial charge on any atom is -0.394 e. The molecule has 1 unspecified atom stereocenters. The Morgan fingerprint density at radius 2 is 2.10 bits per heavy atom. The van der Waals surface area contributed by atoms with Crippen molar-refractivity contribution in [2.24, 2.45) is 5.92 Å². The van der Waals surface area contributed by atoms with Crippen molar-refractivity contribution in [3.05, 3.63) is 24.5 Å². The average molecular weight is 292 g/mol. The number of hydrogen-bond acceptors (Lipinski definition) is 4. The molecule has 3 N–H and O–H groups in total. The quantitative estimate of drug-likeness (QED) is 0.756. The Morgan fingerprint density at radius 3 is 2.71 bits per heavy atom. The molecular weight excluding hydrogens is 268 g/mol. The van der Waals surface area contributed by atoms with Gasteiger partial charge in [0.05, 0.1) is 12.6 Å². The van der Waals surface area contributed by atoms with Gasteiger partial charge < -0.3 is 20.6 Å². The third-order valence-electron chi connectivity index (χ3n) is 3.85. The van der Waals surface area contributed by atoms with Crippen molar-refractivity contribution in [3.8, 4) is 0 Å². The van der Waals surface area contributed by atoms with Crippen LogP contribution < -0.4 is 15.5 Å². The van der Waals surface area contributed by atoms with Gasteiger partial charge in [-0.3, -0.25) is 4.98 Å². The summed E-state index contributed by atoms with van der Waals surface area (Å²) < 4.78 is 0. The highest BCUT2D eigenvalue weighted by atomic mass is 16.3. The molecule has 2 amide bonds. The number of urea groups is 1. The first-order valence-electron chi connectivity index (χ1n) is 7.49. The van der Waals surface area contributed by atoms with Crippen molar-refractivity contribution in [2.75, 3.05) is 31.1 Å². The molecular formula is C15H24N4O2. The lowest BCUT2D eigenvalue weighted by atomic mass is 9.96. The van der Waals surface area contributed by atoms with Crippen molar-refractivity contribution >= 4 is 11.7 Å². The number of carbonyl (C=O) groups is 1. The predicted octanol–water partition coefficient (Wildman–Crippen LogP) is 0.978. The molecule has 6 heteroatoms. The van der Waals surface area contributed by atoms with Crippen molar-refractivity contribution < 1.29 is 9.90 Å². The van der Waals surface area contributed by atoms with Gasteiger partial charge >= 0.3 is 6.03 Å². The Kier molecular flexibility index (Phi) is 5.80. The van der Waals surface area contributed by atoms with Gasteiger partial charge in [0.15, 0.2) is 0 Å². The molecule has 0 radical (unpaired) electrons. The van der Waals surface area contributed by atoms with Crippen LogP contribution in [-0.2, 0) is 0 Å². The van der Waals surface area contributed by atoms with Gasteiger partial charge in [-0.2, -0.15) is 0 Å². The number of nitrogens with zero attached hydrogens (tertiary/aromatic N) is 2. The molecule has 0 saturated carbocycles. The number of aliphatic hydroxyl groups excluding tert-OH is 1. The number of anilines is 1. The third kappa shape index (κ3) is 4.90. The molecule has 0 spiro atoms. The van der Waals surface area contributed by atoms with E-state index in [0.29, 0.717) is 12.5 Å². The highest BCUT2D eigenvalue weighted by Gasteiger charge is 2.20. The van der Waals surface area contributed by atoms with E-state index in [9.17, 15) is 4.79 Å². The Morgan fingerprint density at radius 1 is 1.43 bits per heavy atom. The van der Waals surface area contributed by atoms with Crippen molar-refractivity contribution in [1.29, 1.82) is 0 Å². The predicted molar refractivity (Wildman–Crippen MR) is 82.3 cm³/mol. The van der Waals surface area contributed by atoms with E-state index in [2.05, 4.69) is 20.5 Å². The lowest BCUT2D eigenvalue weighted by molar-refractivity contribution is 0.218. The van der Waals surface area contributed by atoms with Crippen LogP contribution in [0.1, 0.15) is 19.8 Å². The van der Waals surface area contributed by atoms with Crippen LogP contribution in [0.3, 0.4) is 0 Å². The van der Waals surface area contributed by atoms with Crippen LogP contribution in [0.4, 0.5) is 10.5 Å². The van der Waals surface area contributed by atoms with Gasteiger partial charge in [0.25, 0.3) is 0 Å². The largest absolute Gasteiger partial charge is 0.394 e. The number of amides is 2. The zero-order valence-corrected chi connectivity index (χ0v) is 12.5. The molecule has 21 heavy (non-hydrogen) atoms. The Labute approximate surface area is 125 Å². The van der Waals surface area contributed by atoms with Crippen molar-refractivity contribution in [3.63, 3.8) is 0 Å². The first-order chi connectivity index (χ1) is 10.2. The second-order valence-electron chi connectivity index (χ2n) is 5.57. The molecule has 0 bridgehead atoms. The highest BCUT2D eigenvalue weighted by molar-refractivity contribution is 5.74. The maximum Gasteiger partial charge on any atom is 0.315 e. The fourth-order valence-corrected chi connectivity index (χ4v) is 2.51.